The number of nitrogens with two attached hydrogens (primary N) is 1. The summed E-state index contributed by atoms with van der Waals surface area (Å²) in [4.78, 5) is 12.3. The van der Waals surface area contributed by atoms with Crippen molar-refractivity contribution in [2.75, 3.05) is 11.9 Å². The van der Waals surface area contributed by atoms with E-state index in [1.54, 1.807) is 0 Å². The number of nitrogens with one attached hydrogen (secondary N) is 1. The van der Waals surface area contributed by atoms with Gasteiger partial charge in [0.15, 0.2) is 5.82 Å². The third kappa shape index (κ3) is 4.60. The van der Waals surface area contributed by atoms with Crippen molar-refractivity contribution < 1.29 is 9.53 Å². The van der Waals surface area contributed by atoms with Crippen LogP contribution in [0.2, 0.25) is 0 Å². The number of carbonyl (C=O) groups excluding carboxylic acids is 1. The largest absolute Gasteiger partial charge is 0.364 e. The van der Waals surface area contributed by atoms with Crippen LogP contribution in [-0.2, 0) is 22.5 Å². The van der Waals surface area contributed by atoms with Gasteiger partial charge in [-0.3, -0.25) is 4.79 Å². The molecule has 27 heavy (non-hydrogen) atoms. The molecule has 9 heteroatoms. The van der Waals surface area contributed by atoms with Crippen LogP contribution in [0.4, 0.5) is 5.69 Å². The lowest BCUT2D eigenvalue weighted by atomic mass is 10.1. The summed E-state index contributed by atoms with van der Waals surface area (Å²) in [6.45, 7) is 1.43. The molecule has 3 heterocycles. The van der Waals surface area contributed by atoms with Gasteiger partial charge in [-0.05, 0) is 49.9 Å². The van der Waals surface area contributed by atoms with E-state index < -0.39 is 6.10 Å². The number of hydrogen-bond acceptors (Lipinski definition) is 5. The minimum atomic E-state index is -0.406. The lowest BCUT2D eigenvalue weighted by Gasteiger charge is -2.15. The highest BCUT2D eigenvalue weighted by molar-refractivity contribution is 5.94. The Kier molecular flexibility index (Phi) is 7.61. The van der Waals surface area contributed by atoms with Crippen molar-refractivity contribution in [1.29, 1.82) is 0 Å². The first-order valence-corrected chi connectivity index (χ1v) is 8.93. The standard InChI is InChI=1S/C18H23N5O2.2ClH/c19-11-14-8-9-15(25-14)18(24)20-13-6-4-12(5-7-13)17-22-21-16-3-1-2-10-23(16)17;;/h4-7,14-15H,1-3,8-11,19H2,(H,20,24);2*1H/t14-,15+;;/m1../s1. The summed E-state index contributed by atoms with van der Waals surface area (Å²) in [5.41, 5.74) is 7.36. The van der Waals surface area contributed by atoms with Crippen LogP contribution < -0.4 is 11.1 Å². The van der Waals surface area contributed by atoms with E-state index in [1.807, 2.05) is 24.3 Å². The van der Waals surface area contributed by atoms with E-state index in [4.69, 9.17) is 10.5 Å². The van der Waals surface area contributed by atoms with Crippen molar-refractivity contribution in [1.82, 2.24) is 14.8 Å². The molecule has 148 valence electrons. The normalized spacial score (nSPS) is 20.9. The zero-order valence-corrected chi connectivity index (χ0v) is 16.6. The monoisotopic (exact) mass is 413 g/mol. The second kappa shape index (κ2) is 9.50. The van der Waals surface area contributed by atoms with E-state index in [0.717, 1.165) is 55.1 Å². The number of hydrogen-bond donors (Lipinski definition) is 2. The van der Waals surface area contributed by atoms with Gasteiger partial charge in [0.1, 0.15) is 11.9 Å². The maximum Gasteiger partial charge on any atom is 0.253 e. The zero-order chi connectivity index (χ0) is 17.2. The highest BCUT2D eigenvalue weighted by atomic mass is 35.5. The Balaban J connectivity index is 0.00000131. The van der Waals surface area contributed by atoms with Gasteiger partial charge in [-0.15, -0.1) is 35.0 Å². The molecule has 0 unspecified atom stereocenters. The summed E-state index contributed by atoms with van der Waals surface area (Å²) in [5, 5.41) is 11.5. The van der Waals surface area contributed by atoms with Gasteiger partial charge in [-0.25, -0.2) is 0 Å². The Morgan fingerprint density at radius 2 is 1.96 bits per heavy atom. The lowest BCUT2D eigenvalue weighted by molar-refractivity contribution is -0.126. The minimum absolute atomic E-state index is 0. The Bertz CT molecular complexity index is 766. The van der Waals surface area contributed by atoms with Crippen LogP contribution in [0.25, 0.3) is 11.4 Å². The summed E-state index contributed by atoms with van der Waals surface area (Å²) in [7, 11) is 0. The minimum Gasteiger partial charge on any atom is -0.364 e. The molecule has 1 fully saturated rings. The van der Waals surface area contributed by atoms with Crippen molar-refractivity contribution >= 4 is 36.4 Å². The summed E-state index contributed by atoms with van der Waals surface area (Å²) >= 11 is 0. The van der Waals surface area contributed by atoms with E-state index in [9.17, 15) is 4.79 Å². The molecule has 1 aromatic carbocycles. The number of aromatic nitrogens is 3. The molecule has 1 aromatic heterocycles. The van der Waals surface area contributed by atoms with Gasteiger partial charge >= 0.3 is 0 Å². The van der Waals surface area contributed by atoms with Gasteiger partial charge in [0.2, 0.25) is 0 Å². The van der Waals surface area contributed by atoms with Crippen LogP contribution in [-0.4, -0.2) is 39.4 Å². The first-order chi connectivity index (χ1) is 12.2. The van der Waals surface area contributed by atoms with Crippen molar-refractivity contribution in [3.8, 4) is 11.4 Å². The number of benzene rings is 1. The van der Waals surface area contributed by atoms with E-state index in [0.29, 0.717) is 6.54 Å². The Morgan fingerprint density at radius 3 is 2.67 bits per heavy atom. The van der Waals surface area contributed by atoms with Crippen LogP contribution in [0, 0.1) is 0 Å². The molecule has 0 saturated carbocycles. The topological polar surface area (TPSA) is 95.1 Å². The number of nitrogens with zero attached hydrogens (tertiary/aromatic N) is 3. The summed E-state index contributed by atoms with van der Waals surface area (Å²) in [6, 6.07) is 7.74. The maximum atomic E-state index is 12.3. The van der Waals surface area contributed by atoms with E-state index in [2.05, 4.69) is 20.1 Å². The van der Waals surface area contributed by atoms with Crippen molar-refractivity contribution in [2.45, 2.75) is 50.9 Å². The SMILES string of the molecule is Cl.Cl.NC[C@H]1CC[C@@H](C(=O)Nc2ccc(-c3nnc4n3CCCC4)cc2)O1. The molecule has 0 aliphatic carbocycles. The number of fused-ring (bicyclic) bond motifs is 1. The molecule has 4 rings (SSSR count). The number of halogens is 2. The van der Waals surface area contributed by atoms with Crippen LogP contribution in [0.1, 0.15) is 31.5 Å². The Hall–Kier alpha value is -1.67. The van der Waals surface area contributed by atoms with Crippen LogP contribution in [0.15, 0.2) is 24.3 Å². The number of rotatable bonds is 4. The number of aryl methyl sites for hydroxylation is 1. The molecule has 2 atom stereocenters. The quantitative estimate of drug-likeness (QED) is 0.802. The Labute approximate surface area is 170 Å². The fourth-order valence-electron chi connectivity index (χ4n) is 3.52. The molecular weight excluding hydrogens is 389 g/mol. The second-order valence-corrected chi connectivity index (χ2v) is 6.67. The fraction of sp³-hybridized carbons (Fsp3) is 0.500. The van der Waals surface area contributed by atoms with Gasteiger partial charge in [-0.2, -0.15) is 0 Å². The molecule has 2 aliphatic rings. The molecule has 2 aromatic rings. The molecule has 3 N–H and O–H groups in total. The molecule has 0 spiro atoms. The third-order valence-corrected chi connectivity index (χ3v) is 4.93. The highest BCUT2D eigenvalue weighted by Gasteiger charge is 2.29. The smallest absolute Gasteiger partial charge is 0.253 e. The first-order valence-electron chi connectivity index (χ1n) is 8.93. The van der Waals surface area contributed by atoms with Gasteiger partial charge < -0.3 is 20.4 Å². The number of ether oxygens (including phenoxy) is 1. The summed E-state index contributed by atoms with van der Waals surface area (Å²) < 4.78 is 7.82. The molecule has 2 aliphatic heterocycles. The van der Waals surface area contributed by atoms with Crippen molar-refractivity contribution in [3.63, 3.8) is 0 Å². The fourth-order valence-corrected chi connectivity index (χ4v) is 3.52. The van der Waals surface area contributed by atoms with Crippen LogP contribution in [0.5, 0.6) is 0 Å². The van der Waals surface area contributed by atoms with Gasteiger partial charge in [-0.1, -0.05) is 0 Å². The van der Waals surface area contributed by atoms with Crippen molar-refractivity contribution in [3.05, 3.63) is 30.1 Å². The van der Waals surface area contributed by atoms with Gasteiger partial charge in [0.25, 0.3) is 5.91 Å². The van der Waals surface area contributed by atoms with Crippen LogP contribution in [0.3, 0.4) is 0 Å². The number of amides is 1. The van der Waals surface area contributed by atoms with Gasteiger partial charge in [0, 0.05) is 30.8 Å². The van der Waals surface area contributed by atoms with Crippen LogP contribution >= 0.6 is 24.8 Å². The molecular formula is C18H25Cl2N5O2. The first kappa shape index (κ1) is 21.6. The van der Waals surface area contributed by atoms with E-state index in [1.165, 1.54) is 6.42 Å². The summed E-state index contributed by atoms with van der Waals surface area (Å²) in [6.07, 6.45) is 4.48. The molecule has 0 radical (unpaired) electrons. The second-order valence-electron chi connectivity index (χ2n) is 6.67. The predicted molar refractivity (Wildman–Crippen MR) is 108 cm³/mol. The molecule has 0 bridgehead atoms. The Morgan fingerprint density at radius 1 is 1.19 bits per heavy atom. The summed E-state index contributed by atoms with van der Waals surface area (Å²) in [5.74, 6) is 1.85. The van der Waals surface area contributed by atoms with Gasteiger partial charge in [0.05, 0.1) is 6.10 Å². The van der Waals surface area contributed by atoms with E-state index in [-0.39, 0.29) is 36.8 Å². The zero-order valence-electron chi connectivity index (χ0n) is 15.0. The van der Waals surface area contributed by atoms with E-state index >= 15 is 0 Å². The highest BCUT2D eigenvalue weighted by Crippen LogP contribution is 2.25. The lowest BCUT2D eigenvalue weighted by Crippen LogP contribution is -2.29. The number of anilines is 1. The van der Waals surface area contributed by atoms with Crippen molar-refractivity contribution in [2.24, 2.45) is 5.73 Å². The average molecular weight is 414 g/mol. The molecule has 1 amide bonds. The maximum absolute atomic E-state index is 12.3. The predicted octanol–water partition coefficient (Wildman–Crippen LogP) is 2.57. The molecule has 1 saturated heterocycles. The third-order valence-electron chi connectivity index (χ3n) is 4.93. The average Bonchev–Trinajstić information content (AvgIpc) is 3.29. The number of carbonyl (C=O) groups is 1. The molecule has 7 nitrogen and oxygen atoms in total.